The van der Waals surface area contributed by atoms with E-state index in [1.54, 1.807) is 24.4 Å². The summed E-state index contributed by atoms with van der Waals surface area (Å²) in [6, 6.07) is 20.4. The molecule has 9 nitrogen and oxygen atoms in total. The van der Waals surface area contributed by atoms with Crippen molar-refractivity contribution in [3.63, 3.8) is 0 Å². The van der Waals surface area contributed by atoms with Gasteiger partial charge >= 0.3 is 5.97 Å². The van der Waals surface area contributed by atoms with Gasteiger partial charge in [-0.25, -0.2) is 0 Å². The Morgan fingerprint density at radius 1 is 0.955 bits per heavy atom. The van der Waals surface area contributed by atoms with Crippen LogP contribution in [0.2, 0.25) is 0 Å². The number of carbonyl (C=O) groups is 3. The Labute approximate surface area is 261 Å². The van der Waals surface area contributed by atoms with Crippen LogP contribution in [-0.2, 0) is 17.1 Å². The van der Waals surface area contributed by atoms with E-state index in [0.717, 1.165) is 48.5 Å². The number of anilines is 2. The zero-order valence-corrected chi connectivity index (χ0v) is 25.5. The number of carbonyl (C=O) groups excluding carboxylic acids is 2. The molecule has 0 saturated carbocycles. The van der Waals surface area contributed by atoms with E-state index in [1.807, 2.05) is 55.5 Å². The Hall–Kier alpha value is -4.57. The summed E-state index contributed by atoms with van der Waals surface area (Å²) in [4.78, 5) is 44.2. The van der Waals surface area contributed by atoms with Crippen LogP contribution in [0, 0.1) is 6.92 Å². The van der Waals surface area contributed by atoms with Crippen molar-refractivity contribution in [2.75, 3.05) is 29.1 Å². The van der Waals surface area contributed by atoms with Crippen LogP contribution in [0.1, 0.15) is 63.5 Å². The van der Waals surface area contributed by atoms with Gasteiger partial charge in [0.2, 0.25) is 0 Å². The van der Waals surface area contributed by atoms with Gasteiger partial charge < -0.3 is 25.1 Å². The van der Waals surface area contributed by atoms with Gasteiger partial charge in [0, 0.05) is 53.2 Å². The van der Waals surface area contributed by atoms with Crippen molar-refractivity contribution in [1.29, 1.82) is 0 Å². The fourth-order valence-electron chi connectivity index (χ4n) is 5.12. The van der Waals surface area contributed by atoms with E-state index >= 15 is 0 Å². The molecule has 2 aromatic heterocycles. The molecule has 0 unspecified atom stereocenters. The Morgan fingerprint density at radius 3 is 2.55 bits per heavy atom. The van der Waals surface area contributed by atoms with E-state index in [2.05, 4.69) is 20.5 Å². The lowest BCUT2D eigenvalue weighted by atomic mass is 10.0. The average molecular weight is 613 g/mol. The fourth-order valence-corrected chi connectivity index (χ4v) is 6.00. The summed E-state index contributed by atoms with van der Waals surface area (Å²) in [6.07, 6.45) is 5.17. The molecule has 228 valence electrons. The number of aromatic nitrogens is 1. The number of amides is 2. The zero-order chi connectivity index (χ0) is 30.9. The number of aryl methyl sites for hydroxylation is 1. The normalized spacial score (nSPS) is 13.0. The molecule has 1 aliphatic heterocycles. The highest BCUT2D eigenvalue weighted by atomic mass is 32.2. The van der Waals surface area contributed by atoms with Crippen LogP contribution in [-0.4, -0.2) is 46.7 Å². The molecule has 5 rings (SSSR count). The minimum atomic E-state index is -0.822. The maximum atomic E-state index is 13.5. The summed E-state index contributed by atoms with van der Waals surface area (Å²) < 4.78 is 5.57. The second-order valence-electron chi connectivity index (χ2n) is 10.8. The largest absolute Gasteiger partial charge is 0.481 e. The molecule has 44 heavy (non-hydrogen) atoms. The van der Waals surface area contributed by atoms with Crippen LogP contribution in [0.5, 0.6) is 0 Å². The van der Waals surface area contributed by atoms with Crippen LogP contribution in [0.15, 0.2) is 77.3 Å². The number of nitrogens with zero attached hydrogens (tertiary/aromatic N) is 2. The SMILES string of the molecule is Cc1ccc(CNC(=O)c2ccnc(-c3cc(N4CCCCC4)ccc3NC(=O)c3cccc(CSCCC(=O)O)c3)c2)o1. The number of hydrogen-bond acceptors (Lipinski definition) is 7. The average Bonchev–Trinajstić information content (AvgIpc) is 3.47. The summed E-state index contributed by atoms with van der Waals surface area (Å²) in [7, 11) is 0. The predicted molar refractivity (Wildman–Crippen MR) is 173 cm³/mol. The smallest absolute Gasteiger partial charge is 0.304 e. The third-order valence-corrected chi connectivity index (χ3v) is 8.44. The number of rotatable bonds is 12. The molecular weight excluding hydrogens is 576 g/mol. The maximum absolute atomic E-state index is 13.5. The highest BCUT2D eigenvalue weighted by Crippen LogP contribution is 2.33. The Kier molecular flexibility index (Phi) is 10.3. The standard InChI is InChI=1S/C34H36N4O5S/c1-23-8-10-28(43-23)21-36-33(41)26-12-14-35-31(19-26)29-20-27(38-15-3-2-4-16-38)9-11-30(29)37-34(42)25-7-5-6-24(18-25)22-44-17-13-32(39)40/h5-12,14,18-20H,2-4,13,15-17,21-22H2,1H3,(H,36,41)(H,37,42)(H,39,40). The van der Waals surface area contributed by atoms with Gasteiger partial charge in [0.15, 0.2) is 0 Å². The quantitative estimate of drug-likeness (QED) is 0.154. The molecule has 1 fully saturated rings. The molecular formula is C34H36N4O5S. The summed E-state index contributed by atoms with van der Waals surface area (Å²) in [6.45, 7) is 4.05. The highest BCUT2D eigenvalue weighted by molar-refractivity contribution is 7.98. The van der Waals surface area contributed by atoms with Gasteiger partial charge in [0.05, 0.1) is 24.3 Å². The number of furan rings is 1. The summed E-state index contributed by atoms with van der Waals surface area (Å²) in [5.41, 5.74) is 4.82. The molecule has 0 atom stereocenters. The van der Waals surface area contributed by atoms with Crippen molar-refractivity contribution in [1.82, 2.24) is 10.3 Å². The van der Waals surface area contributed by atoms with Gasteiger partial charge in [-0.3, -0.25) is 19.4 Å². The Morgan fingerprint density at radius 2 is 1.77 bits per heavy atom. The van der Waals surface area contributed by atoms with E-state index in [1.165, 1.54) is 18.2 Å². The molecule has 10 heteroatoms. The molecule has 0 spiro atoms. The van der Waals surface area contributed by atoms with Crippen molar-refractivity contribution in [3.05, 3.63) is 101 Å². The van der Waals surface area contributed by atoms with Gasteiger partial charge in [0.1, 0.15) is 11.5 Å². The number of thioether (sulfide) groups is 1. The monoisotopic (exact) mass is 612 g/mol. The highest BCUT2D eigenvalue weighted by Gasteiger charge is 2.18. The number of piperidine rings is 1. The second kappa shape index (κ2) is 14.7. The van der Waals surface area contributed by atoms with Gasteiger partial charge in [-0.05, 0) is 86.3 Å². The maximum Gasteiger partial charge on any atom is 0.304 e. The fraction of sp³-hybridized carbons (Fsp3) is 0.294. The van der Waals surface area contributed by atoms with E-state index in [0.29, 0.717) is 39.8 Å². The number of nitrogens with one attached hydrogen (secondary N) is 2. The summed E-state index contributed by atoms with van der Waals surface area (Å²) >= 11 is 1.52. The summed E-state index contributed by atoms with van der Waals surface area (Å²) in [5, 5.41) is 14.8. The molecule has 0 radical (unpaired) electrons. The number of aliphatic carboxylic acids is 1. The number of benzene rings is 2. The van der Waals surface area contributed by atoms with Crippen molar-refractivity contribution < 1.29 is 23.9 Å². The minimum absolute atomic E-state index is 0.0988. The lowest BCUT2D eigenvalue weighted by Gasteiger charge is -2.29. The first-order valence-electron chi connectivity index (χ1n) is 14.7. The van der Waals surface area contributed by atoms with Crippen LogP contribution < -0.4 is 15.5 Å². The Balaban J connectivity index is 1.38. The molecule has 3 N–H and O–H groups in total. The van der Waals surface area contributed by atoms with E-state index < -0.39 is 5.97 Å². The minimum Gasteiger partial charge on any atom is -0.481 e. The third kappa shape index (κ3) is 8.29. The number of hydrogen-bond donors (Lipinski definition) is 3. The van der Waals surface area contributed by atoms with Crippen molar-refractivity contribution in [2.45, 2.75) is 44.9 Å². The predicted octanol–water partition coefficient (Wildman–Crippen LogP) is 6.53. The van der Waals surface area contributed by atoms with Crippen molar-refractivity contribution in [3.8, 4) is 11.3 Å². The number of carboxylic acids is 1. The first-order chi connectivity index (χ1) is 21.4. The molecule has 4 aromatic rings. The lowest BCUT2D eigenvalue weighted by molar-refractivity contribution is -0.136. The van der Waals surface area contributed by atoms with Crippen LogP contribution in [0.25, 0.3) is 11.3 Å². The molecule has 1 saturated heterocycles. The van der Waals surface area contributed by atoms with E-state index in [4.69, 9.17) is 9.52 Å². The van der Waals surface area contributed by atoms with Gasteiger partial charge in [0.25, 0.3) is 11.8 Å². The van der Waals surface area contributed by atoms with Crippen LogP contribution in [0.4, 0.5) is 11.4 Å². The molecule has 1 aliphatic rings. The first kappa shape index (κ1) is 30.9. The van der Waals surface area contributed by atoms with Crippen LogP contribution >= 0.6 is 11.8 Å². The van der Waals surface area contributed by atoms with Crippen LogP contribution in [0.3, 0.4) is 0 Å². The second-order valence-corrected chi connectivity index (χ2v) is 11.9. The van der Waals surface area contributed by atoms with Gasteiger partial charge in [-0.1, -0.05) is 12.1 Å². The zero-order valence-electron chi connectivity index (χ0n) is 24.7. The molecule has 0 aliphatic carbocycles. The van der Waals surface area contributed by atoms with Crippen molar-refractivity contribution in [2.24, 2.45) is 0 Å². The lowest BCUT2D eigenvalue weighted by Crippen LogP contribution is -2.29. The first-order valence-corrected chi connectivity index (χ1v) is 15.9. The third-order valence-electron chi connectivity index (χ3n) is 7.41. The van der Waals surface area contributed by atoms with Crippen molar-refractivity contribution >= 4 is 40.9 Å². The number of carboxylic acid groups (broad SMARTS) is 1. The molecule has 0 bridgehead atoms. The van der Waals surface area contributed by atoms with E-state index in [-0.39, 0.29) is 24.8 Å². The Bertz CT molecular complexity index is 1630. The molecule has 2 aromatic carbocycles. The molecule has 3 heterocycles. The topological polar surface area (TPSA) is 125 Å². The summed E-state index contributed by atoms with van der Waals surface area (Å²) in [5.74, 6) is 1.23. The van der Waals surface area contributed by atoms with Gasteiger partial charge in [-0.15, -0.1) is 0 Å². The van der Waals surface area contributed by atoms with Gasteiger partial charge in [-0.2, -0.15) is 11.8 Å². The number of pyridine rings is 1. The molecule has 2 amide bonds. The van der Waals surface area contributed by atoms with E-state index in [9.17, 15) is 14.4 Å².